The number of carbonyl (C=O) groups excluding carboxylic acids is 2. The van der Waals surface area contributed by atoms with Gasteiger partial charge >= 0.3 is 0 Å². The predicted octanol–water partition coefficient (Wildman–Crippen LogP) is 4.77. The van der Waals surface area contributed by atoms with Crippen molar-refractivity contribution in [3.05, 3.63) is 96.1 Å². The number of nitrogens with one attached hydrogen (secondary N) is 2. The highest BCUT2D eigenvalue weighted by molar-refractivity contribution is 5.97. The smallest absolute Gasteiger partial charge is 0.262 e. The molecule has 3 aromatic carbocycles. The van der Waals surface area contributed by atoms with Crippen molar-refractivity contribution in [1.82, 2.24) is 10.7 Å². The highest BCUT2D eigenvalue weighted by Crippen LogP contribution is 2.21. The van der Waals surface area contributed by atoms with Crippen molar-refractivity contribution in [2.24, 2.45) is 11.0 Å². The molecule has 0 fully saturated rings. The summed E-state index contributed by atoms with van der Waals surface area (Å²) in [5.74, 6) is 0.692. The fourth-order valence-electron chi connectivity index (χ4n) is 3.04. The van der Waals surface area contributed by atoms with Crippen LogP contribution in [0.4, 0.5) is 0 Å². The zero-order valence-corrected chi connectivity index (χ0v) is 18.2. The quantitative estimate of drug-likeness (QED) is 0.380. The molecule has 3 rings (SSSR count). The molecule has 0 bridgehead atoms. The standard InChI is InChI=1S/C26H27N3O3/c1-3-19(2)24(28-25(30)21-12-6-4-7-13-21)26(31)29-27-18-20-11-10-16-23(17-20)32-22-14-8-5-9-15-22/h4-19,24H,3H2,1-2H3,(H,28,30)(H,29,31)/b27-18-/t19-,24+/m1/s1. The van der Waals surface area contributed by atoms with Gasteiger partial charge in [-0.15, -0.1) is 0 Å². The lowest BCUT2D eigenvalue weighted by Crippen LogP contribution is -2.49. The molecule has 2 amide bonds. The van der Waals surface area contributed by atoms with Crippen LogP contribution in [-0.4, -0.2) is 24.1 Å². The van der Waals surface area contributed by atoms with Gasteiger partial charge in [-0.05, 0) is 47.9 Å². The molecular weight excluding hydrogens is 402 g/mol. The molecule has 0 aliphatic rings. The minimum atomic E-state index is -0.697. The molecule has 0 saturated heterocycles. The molecule has 0 saturated carbocycles. The number of rotatable bonds is 9. The number of benzene rings is 3. The number of amides is 2. The van der Waals surface area contributed by atoms with E-state index in [0.29, 0.717) is 11.3 Å². The summed E-state index contributed by atoms with van der Waals surface area (Å²) in [5, 5.41) is 6.90. The average Bonchev–Trinajstić information content (AvgIpc) is 2.83. The van der Waals surface area contributed by atoms with Crippen LogP contribution in [0.25, 0.3) is 0 Å². The molecule has 0 aromatic heterocycles. The first kappa shape index (κ1) is 22.7. The van der Waals surface area contributed by atoms with Crippen molar-refractivity contribution < 1.29 is 14.3 Å². The molecule has 164 valence electrons. The molecule has 32 heavy (non-hydrogen) atoms. The number of hydrogen-bond donors (Lipinski definition) is 2. The summed E-state index contributed by atoms with van der Waals surface area (Å²) in [7, 11) is 0. The number of carbonyl (C=O) groups is 2. The number of nitrogens with zero attached hydrogens (tertiary/aromatic N) is 1. The molecule has 2 atom stereocenters. The fraction of sp³-hybridized carbons (Fsp3) is 0.192. The maximum atomic E-state index is 12.7. The molecule has 6 heteroatoms. The molecule has 2 N–H and O–H groups in total. The average molecular weight is 430 g/mol. The van der Waals surface area contributed by atoms with Crippen LogP contribution < -0.4 is 15.5 Å². The van der Waals surface area contributed by atoms with E-state index >= 15 is 0 Å². The first-order valence-corrected chi connectivity index (χ1v) is 10.6. The maximum absolute atomic E-state index is 12.7. The number of hydrazone groups is 1. The molecule has 0 aliphatic carbocycles. The lowest BCUT2D eigenvalue weighted by Gasteiger charge is -2.22. The maximum Gasteiger partial charge on any atom is 0.262 e. The Bertz CT molecular complexity index is 1050. The summed E-state index contributed by atoms with van der Waals surface area (Å²) >= 11 is 0. The Morgan fingerprint density at radius 2 is 1.59 bits per heavy atom. The molecular formula is C26H27N3O3. The summed E-state index contributed by atoms with van der Waals surface area (Å²) in [6, 6.07) is 25.0. The molecule has 0 spiro atoms. The fourth-order valence-corrected chi connectivity index (χ4v) is 3.04. The summed E-state index contributed by atoms with van der Waals surface area (Å²) in [6.07, 6.45) is 2.28. The minimum absolute atomic E-state index is 0.0551. The van der Waals surface area contributed by atoms with E-state index in [1.54, 1.807) is 30.5 Å². The van der Waals surface area contributed by atoms with Gasteiger partial charge in [0.05, 0.1) is 6.21 Å². The Balaban J connectivity index is 1.63. The SMILES string of the molecule is CC[C@@H](C)[C@H](NC(=O)c1ccccc1)C(=O)N/N=C\c1cccc(Oc2ccccc2)c1. The van der Waals surface area contributed by atoms with Crippen LogP contribution in [0.2, 0.25) is 0 Å². The van der Waals surface area contributed by atoms with E-state index in [1.807, 2.05) is 74.5 Å². The van der Waals surface area contributed by atoms with Gasteiger partial charge in [-0.1, -0.05) is 68.8 Å². The van der Waals surface area contributed by atoms with E-state index in [1.165, 1.54) is 0 Å². The highest BCUT2D eigenvalue weighted by atomic mass is 16.5. The summed E-state index contributed by atoms with van der Waals surface area (Å²) in [4.78, 5) is 25.3. The first-order chi connectivity index (χ1) is 15.6. The Kier molecular flexibility index (Phi) is 8.15. The monoisotopic (exact) mass is 429 g/mol. The summed E-state index contributed by atoms with van der Waals surface area (Å²) < 4.78 is 5.82. The van der Waals surface area contributed by atoms with Gasteiger partial charge in [-0.3, -0.25) is 9.59 Å². The normalized spacial score (nSPS) is 12.7. The van der Waals surface area contributed by atoms with E-state index in [9.17, 15) is 9.59 Å². The van der Waals surface area contributed by atoms with Crippen molar-refractivity contribution in [1.29, 1.82) is 0 Å². The van der Waals surface area contributed by atoms with Crippen molar-refractivity contribution in [3.63, 3.8) is 0 Å². The lowest BCUT2D eigenvalue weighted by molar-refractivity contribution is -0.124. The van der Waals surface area contributed by atoms with Gasteiger partial charge in [0.1, 0.15) is 17.5 Å². The molecule has 0 unspecified atom stereocenters. The highest BCUT2D eigenvalue weighted by Gasteiger charge is 2.26. The zero-order chi connectivity index (χ0) is 22.8. The Hall–Kier alpha value is -3.93. The van der Waals surface area contributed by atoms with Crippen LogP contribution >= 0.6 is 0 Å². The van der Waals surface area contributed by atoms with Crippen LogP contribution in [0.15, 0.2) is 90.0 Å². The van der Waals surface area contributed by atoms with Gasteiger partial charge in [-0.2, -0.15) is 5.10 Å². The Morgan fingerprint density at radius 3 is 2.28 bits per heavy atom. The van der Waals surface area contributed by atoms with Crippen LogP contribution in [0, 0.1) is 5.92 Å². The van der Waals surface area contributed by atoms with E-state index in [4.69, 9.17) is 4.74 Å². The van der Waals surface area contributed by atoms with E-state index in [2.05, 4.69) is 15.8 Å². The van der Waals surface area contributed by atoms with Crippen LogP contribution in [0.1, 0.15) is 36.2 Å². The van der Waals surface area contributed by atoms with Crippen molar-refractivity contribution in [3.8, 4) is 11.5 Å². The second-order valence-corrected chi connectivity index (χ2v) is 7.42. The van der Waals surface area contributed by atoms with Crippen LogP contribution in [0.3, 0.4) is 0 Å². The van der Waals surface area contributed by atoms with Crippen LogP contribution in [-0.2, 0) is 4.79 Å². The third-order valence-electron chi connectivity index (χ3n) is 5.04. The van der Waals surface area contributed by atoms with Gasteiger partial charge in [0.15, 0.2) is 0 Å². The second kappa shape index (κ2) is 11.5. The van der Waals surface area contributed by atoms with Gasteiger partial charge in [0.2, 0.25) is 0 Å². The van der Waals surface area contributed by atoms with Gasteiger partial charge in [0, 0.05) is 5.56 Å². The molecule has 0 heterocycles. The van der Waals surface area contributed by atoms with Crippen LogP contribution in [0.5, 0.6) is 11.5 Å². The van der Waals surface area contributed by atoms with Gasteiger partial charge in [0.25, 0.3) is 11.8 Å². The number of para-hydroxylation sites is 1. The number of hydrogen-bond acceptors (Lipinski definition) is 4. The Labute approximate surface area is 188 Å². The van der Waals surface area contributed by atoms with Crippen molar-refractivity contribution in [2.45, 2.75) is 26.3 Å². The largest absolute Gasteiger partial charge is 0.457 e. The topological polar surface area (TPSA) is 79.8 Å². The van der Waals surface area contributed by atoms with E-state index in [-0.39, 0.29) is 17.7 Å². The zero-order valence-electron chi connectivity index (χ0n) is 18.2. The summed E-state index contributed by atoms with van der Waals surface area (Å²) in [6.45, 7) is 3.89. The van der Waals surface area contributed by atoms with E-state index < -0.39 is 6.04 Å². The van der Waals surface area contributed by atoms with Gasteiger partial charge < -0.3 is 10.1 Å². The summed E-state index contributed by atoms with van der Waals surface area (Å²) in [5.41, 5.74) is 3.82. The molecule has 0 aliphatic heterocycles. The predicted molar refractivity (Wildman–Crippen MR) is 126 cm³/mol. The minimum Gasteiger partial charge on any atom is -0.457 e. The molecule has 0 radical (unpaired) electrons. The third-order valence-corrected chi connectivity index (χ3v) is 5.04. The van der Waals surface area contributed by atoms with E-state index in [0.717, 1.165) is 17.7 Å². The van der Waals surface area contributed by atoms with Crippen molar-refractivity contribution in [2.75, 3.05) is 0 Å². The molecule has 6 nitrogen and oxygen atoms in total. The third kappa shape index (κ3) is 6.54. The number of ether oxygens (including phenoxy) is 1. The second-order valence-electron chi connectivity index (χ2n) is 7.42. The van der Waals surface area contributed by atoms with Crippen molar-refractivity contribution >= 4 is 18.0 Å². The van der Waals surface area contributed by atoms with Gasteiger partial charge in [-0.25, -0.2) is 5.43 Å². The molecule has 3 aromatic rings. The Morgan fingerprint density at radius 1 is 0.938 bits per heavy atom. The first-order valence-electron chi connectivity index (χ1n) is 10.6. The lowest BCUT2D eigenvalue weighted by atomic mass is 9.98.